The van der Waals surface area contributed by atoms with Crippen molar-refractivity contribution in [3.63, 3.8) is 0 Å². The highest BCUT2D eigenvalue weighted by Crippen LogP contribution is 2.31. The summed E-state index contributed by atoms with van der Waals surface area (Å²) in [5.41, 5.74) is 9.39. The number of hydrogen-bond donors (Lipinski definition) is 1. The van der Waals surface area contributed by atoms with Crippen LogP contribution < -0.4 is 16.0 Å². The molecule has 35 heavy (non-hydrogen) atoms. The Morgan fingerprint density at radius 1 is 0.971 bits per heavy atom. The number of anilines is 1. The van der Waals surface area contributed by atoms with E-state index in [9.17, 15) is 9.35 Å². The van der Waals surface area contributed by atoms with Crippen molar-refractivity contribution >= 4 is 28.0 Å². The highest BCUT2D eigenvalue weighted by molar-refractivity contribution is 7.90. The first-order valence-electron chi connectivity index (χ1n) is 10.9. The lowest BCUT2D eigenvalue weighted by atomic mass is 10.1. The smallest absolute Gasteiger partial charge is 0.270 e. The third-order valence-electron chi connectivity index (χ3n) is 5.64. The van der Waals surface area contributed by atoms with Crippen molar-refractivity contribution in [3.05, 3.63) is 107 Å². The molecule has 0 spiro atoms. The predicted octanol–water partition coefficient (Wildman–Crippen LogP) is 4.35. The Labute approximate surface area is 205 Å². The van der Waals surface area contributed by atoms with Crippen molar-refractivity contribution in [2.75, 3.05) is 12.8 Å². The van der Waals surface area contributed by atoms with Gasteiger partial charge in [-0.2, -0.15) is 0 Å². The van der Waals surface area contributed by atoms with Crippen molar-refractivity contribution in [2.24, 2.45) is 0 Å². The minimum Gasteiger partial charge on any atom is -0.611 e. The molecule has 2 N–H and O–H groups in total. The zero-order valence-corrected chi connectivity index (χ0v) is 19.7. The Morgan fingerprint density at radius 2 is 1.69 bits per heavy atom. The maximum absolute atomic E-state index is 13.4. The maximum atomic E-state index is 13.4. The summed E-state index contributed by atoms with van der Waals surface area (Å²) in [5, 5.41) is 0.420. The van der Waals surface area contributed by atoms with Gasteiger partial charge in [-0.05, 0) is 41.0 Å². The molecule has 0 saturated carbocycles. The molecule has 0 bridgehead atoms. The van der Waals surface area contributed by atoms with Crippen molar-refractivity contribution in [1.82, 2.24) is 14.5 Å². The minimum atomic E-state index is -1.38. The number of ether oxygens (including phenoxy) is 1. The fraction of sp³-hybridized carbons (Fsp3) is 0.0741. The average molecular weight is 483 g/mol. The molecule has 0 aliphatic rings. The molecule has 2 aromatic heterocycles. The van der Waals surface area contributed by atoms with Gasteiger partial charge in [0.1, 0.15) is 5.75 Å². The molecule has 7 nitrogen and oxygen atoms in total. The van der Waals surface area contributed by atoms with E-state index in [4.69, 9.17) is 10.5 Å². The second-order valence-electron chi connectivity index (χ2n) is 7.88. The molecule has 1 atom stereocenters. The molecule has 0 fully saturated rings. The summed E-state index contributed by atoms with van der Waals surface area (Å²) < 4.78 is 20.0. The van der Waals surface area contributed by atoms with Crippen LogP contribution in [0.1, 0.15) is 5.56 Å². The highest BCUT2D eigenvalue weighted by atomic mass is 32.2. The van der Waals surface area contributed by atoms with Crippen molar-refractivity contribution in [1.29, 1.82) is 0 Å². The Hall–Kier alpha value is -4.14. The molecule has 0 saturated heterocycles. The van der Waals surface area contributed by atoms with E-state index in [0.717, 1.165) is 11.1 Å². The normalized spacial score (nSPS) is 11.9. The average Bonchev–Trinajstić information content (AvgIpc) is 2.89. The van der Waals surface area contributed by atoms with Gasteiger partial charge in [0.25, 0.3) is 11.4 Å². The van der Waals surface area contributed by atoms with Gasteiger partial charge in [0.15, 0.2) is 0 Å². The number of nitrogens with two attached hydrogens (primary N) is 1. The van der Waals surface area contributed by atoms with Crippen LogP contribution in [0.2, 0.25) is 0 Å². The number of rotatable bonds is 6. The number of methoxy groups -OCH3 is 1. The highest BCUT2D eigenvalue weighted by Gasteiger charge is 2.21. The van der Waals surface area contributed by atoms with Gasteiger partial charge in [-0.15, -0.1) is 0 Å². The largest absolute Gasteiger partial charge is 0.611 e. The molecule has 3 aromatic carbocycles. The van der Waals surface area contributed by atoms with Crippen LogP contribution in [0, 0.1) is 0 Å². The monoisotopic (exact) mass is 482 g/mol. The SMILES string of the molecule is COc1ncc(-c2ccc3nc(N)n(-c4ccccc4)c(=O)c3c2)cc1[S+]([O-])Cc1ccccc1. The predicted molar refractivity (Wildman–Crippen MR) is 138 cm³/mol. The van der Waals surface area contributed by atoms with Crippen LogP contribution in [0.25, 0.3) is 27.7 Å². The third kappa shape index (κ3) is 4.49. The van der Waals surface area contributed by atoms with E-state index in [1.807, 2.05) is 54.6 Å². The zero-order chi connectivity index (χ0) is 24.4. The molecule has 0 aliphatic heterocycles. The van der Waals surface area contributed by atoms with Gasteiger partial charge < -0.3 is 15.0 Å². The quantitative estimate of drug-likeness (QED) is 0.361. The van der Waals surface area contributed by atoms with Gasteiger partial charge in [-0.1, -0.05) is 54.6 Å². The number of nitrogen functional groups attached to an aromatic ring is 1. The van der Waals surface area contributed by atoms with Crippen molar-refractivity contribution in [3.8, 4) is 22.7 Å². The first-order valence-corrected chi connectivity index (χ1v) is 12.2. The fourth-order valence-corrected chi connectivity index (χ4v) is 5.16. The van der Waals surface area contributed by atoms with Crippen LogP contribution in [0.3, 0.4) is 0 Å². The lowest BCUT2D eigenvalue weighted by Gasteiger charge is -2.14. The summed E-state index contributed by atoms with van der Waals surface area (Å²) in [6.45, 7) is 0. The molecule has 5 aromatic rings. The molecule has 5 rings (SSSR count). The maximum Gasteiger partial charge on any atom is 0.270 e. The third-order valence-corrected chi connectivity index (χ3v) is 7.02. The molecular formula is C27H22N4O3S. The number of benzene rings is 3. The number of para-hydroxylation sites is 1. The standard InChI is InChI=1S/C27H22N4O3S/c1-34-25-24(35(33)17-18-8-4-2-5-9-18)15-20(16-29-25)19-12-13-23-22(14-19)26(32)31(27(28)30-23)21-10-6-3-7-11-21/h2-16H,17H2,1H3,(H2,28,30). The zero-order valence-electron chi connectivity index (χ0n) is 18.9. The van der Waals surface area contributed by atoms with Gasteiger partial charge >= 0.3 is 0 Å². The van der Waals surface area contributed by atoms with Gasteiger partial charge in [0, 0.05) is 23.4 Å². The Balaban J connectivity index is 1.58. The topological polar surface area (TPSA) is 106 Å². The van der Waals surface area contributed by atoms with Crippen molar-refractivity contribution in [2.45, 2.75) is 10.6 Å². The minimum absolute atomic E-state index is 0.117. The first kappa shape index (κ1) is 22.6. The lowest BCUT2D eigenvalue weighted by Crippen LogP contribution is -2.23. The second-order valence-corrected chi connectivity index (χ2v) is 9.30. The van der Waals surface area contributed by atoms with E-state index >= 15 is 0 Å². The molecule has 8 heteroatoms. The molecule has 2 heterocycles. The molecule has 0 aliphatic carbocycles. The number of hydrogen-bond acceptors (Lipinski definition) is 6. The number of fused-ring (bicyclic) bond motifs is 1. The van der Waals surface area contributed by atoms with Crippen LogP contribution >= 0.6 is 0 Å². The van der Waals surface area contributed by atoms with E-state index in [2.05, 4.69) is 9.97 Å². The van der Waals surface area contributed by atoms with Crippen LogP contribution in [-0.4, -0.2) is 26.2 Å². The number of aromatic nitrogens is 3. The summed E-state index contributed by atoms with van der Waals surface area (Å²) in [6, 6.07) is 25.9. The Morgan fingerprint density at radius 3 is 2.40 bits per heavy atom. The fourth-order valence-electron chi connectivity index (χ4n) is 3.92. The van der Waals surface area contributed by atoms with Gasteiger partial charge in [0.05, 0.1) is 23.7 Å². The van der Waals surface area contributed by atoms with Gasteiger partial charge in [-0.3, -0.25) is 4.79 Å². The van der Waals surface area contributed by atoms with E-state index in [0.29, 0.717) is 38.7 Å². The van der Waals surface area contributed by atoms with Crippen LogP contribution in [0.15, 0.2) is 101 Å². The van der Waals surface area contributed by atoms with Gasteiger partial charge in [0.2, 0.25) is 10.8 Å². The van der Waals surface area contributed by atoms with Crippen LogP contribution in [-0.2, 0) is 16.9 Å². The number of pyridine rings is 1. The summed E-state index contributed by atoms with van der Waals surface area (Å²) >= 11 is -1.38. The molecule has 0 amide bonds. The summed E-state index contributed by atoms with van der Waals surface area (Å²) in [7, 11) is 1.50. The lowest BCUT2D eigenvalue weighted by molar-refractivity contribution is 0.385. The summed E-state index contributed by atoms with van der Waals surface area (Å²) in [5.74, 6) is 0.765. The van der Waals surface area contributed by atoms with E-state index in [-0.39, 0.29) is 11.5 Å². The second kappa shape index (κ2) is 9.61. The van der Waals surface area contributed by atoms with Gasteiger partial charge in [-0.25, -0.2) is 14.5 Å². The van der Waals surface area contributed by atoms with Crippen molar-refractivity contribution < 1.29 is 9.29 Å². The summed E-state index contributed by atoms with van der Waals surface area (Å²) in [4.78, 5) is 22.7. The Kier molecular flexibility index (Phi) is 6.22. The van der Waals surface area contributed by atoms with Crippen LogP contribution in [0.4, 0.5) is 5.95 Å². The Bertz CT molecular complexity index is 1560. The molecule has 174 valence electrons. The van der Waals surface area contributed by atoms with E-state index in [1.54, 1.807) is 36.5 Å². The number of nitrogens with zero attached hydrogens (tertiary/aromatic N) is 3. The molecular weight excluding hydrogens is 460 g/mol. The van der Waals surface area contributed by atoms with Crippen LogP contribution in [0.5, 0.6) is 5.88 Å². The van der Waals surface area contributed by atoms with E-state index < -0.39 is 11.2 Å². The molecule has 0 radical (unpaired) electrons. The molecule has 1 unspecified atom stereocenters. The van der Waals surface area contributed by atoms with E-state index in [1.165, 1.54) is 11.7 Å². The first-order chi connectivity index (χ1) is 17.0. The summed E-state index contributed by atoms with van der Waals surface area (Å²) in [6.07, 6.45) is 1.64.